The molecule has 0 bridgehead atoms. The summed E-state index contributed by atoms with van der Waals surface area (Å²) < 4.78 is 0. The molecule has 0 aromatic carbocycles. The Morgan fingerprint density at radius 1 is 1.22 bits per heavy atom. The van der Waals surface area contributed by atoms with E-state index in [1.165, 1.54) is 0 Å². The third-order valence-electron chi connectivity index (χ3n) is 2.40. The summed E-state index contributed by atoms with van der Waals surface area (Å²) in [5, 5.41) is 1.61. The highest BCUT2D eigenvalue weighted by Gasteiger charge is 2.19. The van der Waals surface area contributed by atoms with Gasteiger partial charge in [0.05, 0.1) is 21.0 Å². The van der Waals surface area contributed by atoms with Crippen LogP contribution < -0.4 is 5.73 Å². The van der Waals surface area contributed by atoms with Crippen molar-refractivity contribution in [3.63, 3.8) is 0 Å². The van der Waals surface area contributed by atoms with Gasteiger partial charge in [-0.1, -0.05) is 29.4 Å². The van der Waals surface area contributed by atoms with Crippen LogP contribution in [0.1, 0.15) is 17.9 Å². The minimum Gasteiger partial charge on any atom is -0.327 e. The van der Waals surface area contributed by atoms with Gasteiger partial charge in [0.25, 0.3) is 0 Å². The Balaban J connectivity index is 2.19. The Labute approximate surface area is 116 Å². The van der Waals surface area contributed by atoms with Gasteiger partial charge in [-0.15, -0.1) is 0 Å². The molecular formula is C13H14ClN3S. The molecule has 2 heterocycles. The largest absolute Gasteiger partial charge is 0.327 e. The molecule has 0 fully saturated rings. The zero-order chi connectivity index (χ0) is 13.0. The molecule has 5 heteroatoms. The van der Waals surface area contributed by atoms with Crippen LogP contribution in [0.2, 0.25) is 5.02 Å². The van der Waals surface area contributed by atoms with Crippen LogP contribution >= 0.6 is 23.4 Å². The van der Waals surface area contributed by atoms with E-state index in [1.807, 2.05) is 37.3 Å². The van der Waals surface area contributed by atoms with Crippen molar-refractivity contribution in [3.05, 3.63) is 53.4 Å². The maximum atomic E-state index is 6.03. The lowest BCUT2D eigenvalue weighted by Crippen LogP contribution is -2.23. The van der Waals surface area contributed by atoms with Crippen LogP contribution in [0.15, 0.2) is 47.8 Å². The molecule has 0 radical (unpaired) electrons. The van der Waals surface area contributed by atoms with Crippen LogP contribution in [0.4, 0.5) is 0 Å². The molecule has 0 saturated heterocycles. The molecule has 2 aromatic rings. The third-order valence-corrected chi connectivity index (χ3v) is 4.04. The SMILES string of the molecule is CC(N)C(Sc1ccc(Cl)cn1)c1ccccn1. The van der Waals surface area contributed by atoms with E-state index in [4.69, 9.17) is 17.3 Å². The van der Waals surface area contributed by atoms with Crippen molar-refractivity contribution in [3.8, 4) is 0 Å². The molecular weight excluding hydrogens is 266 g/mol. The second-order valence-corrected chi connectivity index (χ2v) is 5.57. The van der Waals surface area contributed by atoms with Gasteiger partial charge in [0.2, 0.25) is 0 Å². The van der Waals surface area contributed by atoms with E-state index in [1.54, 1.807) is 24.2 Å². The maximum absolute atomic E-state index is 6.03. The van der Waals surface area contributed by atoms with Crippen LogP contribution in [0.25, 0.3) is 0 Å². The molecule has 0 aliphatic heterocycles. The quantitative estimate of drug-likeness (QED) is 0.873. The summed E-state index contributed by atoms with van der Waals surface area (Å²) >= 11 is 7.42. The summed E-state index contributed by atoms with van der Waals surface area (Å²) in [5.74, 6) is 0. The van der Waals surface area contributed by atoms with Gasteiger partial charge in [-0.25, -0.2) is 4.98 Å². The first-order valence-corrected chi connectivity index (χ1v) is 6.87. The van der Waals surface area contributed by atoms with Gasteiger partial charge in [-0.05, 0) is 31.2 Å². The van der Waals surface area contributed by atoms with E-state index in [0.717, 1.165) is 10.7 Å². The summed E-state index contributed by atoms with van der Waals surface area (Å²) in [5.41, 5.74) is 7.00. The summed E-state index contributed by atoms with van der Waals surface area (Å²) in [6, 6.07) is 9.55. The second kappa shape index (κ2) is 6.18. The van der Waals surface area contributed by atoms with E-state index < -0.39 is 0 Å². The Morgan fingerprint density at radius 3 is 2.61 bits per heavy atom. The molecule has 2 aromatic heterocycles. The van der Waals surface area contributed by atoms with Gasteiger partial charge in [0.15, 0.2) is 0 Å². The smallest absolute Gasteiger partial charge is 0.0968 e. The molecule has 0 aliphatic carbocycles. The number of hydrogen-bond acceptors (Lipinski definition) is 4. The van der Waals surface area contributed by atoms with E-state index >= 15 is 0 Å². The van der Waals surface area contributed by atoms with Crippen molar-refractivity contribution in [2.24, 2.45) is 5.73 Å². The average molecular weight is 280 g/mol. The molecule has 2 N–H and O–H groups in total. The lowest BCUT2D eigenvalue weighted by atomic mass is 10.2. The summed E-state index contributed by atoms with van der Waals surface area (Å²) in [6.07, 6.45) is 3.42. The topological polar surface area (TPSA) is 51.8 Å². The molecule has 0 amide bonds. The number of rotatable bonds is 4. The number of nitrogens with zero attached hydrogens (tertiary/aromatic N) is 2. The van der Waals surface area contributed by atoms with Crippen molar-refractivity contribution in [1.82, 2.24) is 9.97 Å². The van der Waals surface area contributed by atoms with E-state index in [2.05, 4.69) is 9.97 Å². The third kappa shape index (κ3) is 3.45. The minimum atomic E-state index is -0.0117. The Morgan fingerprint density at radius 2 is 2.06 bits per heavy atom. The molecule has 94 valence electrons. The van der Waals surface area contributed by atoms with Crippen molar-refractivity contribution >= 4 is 23.4 Å². The molecule has 2 rings (SSSR count). The zero-order valence-corrected chi connectivity index (χ0v) is 11.5. The first kappa shape index (κ1) is 13.3. The summed E-state index contributed by atoms with van der Waals surface area (Å²) in [7, 11) is 0. The lowest BCUT2D eigenvalue weighted by Gasteiger charge is -2.19. The van der Waals surface area contributed by atoms with Crippen molar-refractivity contribution < 1.29 is 0 Å². The van der Waals surface area contributed by atoms with Gasteiger partial charge in [0, 0.05) is 18.4 Å². The number of thioether (sulfide) groups is 1. The summed E-state index contributed by atoms with van der Waals surface area (Å²) in [6.45, 7) is 1.97. The highest BCUT2D eigenvalue weighted by Crippen LogP contribution is 2.35. The molecule has 0 aliphatic rings. The Kier molecular flexibility index (Phi) is 4.58. The monoisotopic (exact) mass is 279 g/mol. The van der Waals surface area contributed by atoms with Crippen LogP contribution in [0, 0.1) is 0 Å². The normalized spacial score (nSPS) is 14.2. The number of halogens is 1. The highest BCUT2D eigenvalue weighted by molar-refractivity contribution is 7.99. The second-order valence-electron chi connectivity index (χ2n) is 3.97. The molecule has 2 unspecified atom stereocenters. The van der Waals surface area contributed by atoms with Gasteiger partial charge in [-0.3, -0.25) is 4.98 Å². The van der Waals surface area contributed by atoms with Gasteiger partial charge >= 0.3 is 0 Å². The highest BCUT2D eigenvalue weighted by atomic mass is 35.5. The summed E-state index contributed by atoms with van der Waals surface area (Å²) in [4.78, 5) is 8.63. The van der Waals surface area contributed by atoms with Crippen LogP contribution in [0.5, 0.6) is 0 Å². The fraction of sp³-hybridized carbons (Fsp3) is 0.231. The number of nitrogens with two attached hydrogens (primary N) is 1. The van der Waals surface area contributed by atoms with Crippen LogP contribution in [0.3, 0.4) is 0 Å². The zero-order valence-electron chi connectivity index (χ0n) is 9.95. The fourth-order valence-electron chi connectivity index (χ4n) is 1.54. The van der Waals surface area contributed by atoms with Crippen molar-refractivity contribution in [2.75, 3.05) is 0 Å². The molecule has 18 heavy (non-hydrogen) atoms. The molecule has 0 spiro atoms. The van der Waals surface area contributed by atoms with E-state index in [9.17, 15) is 0 Å². The number of pyridine rings is 2. The Bertz CT molecular complexity index is 487. The lowest BCUT2D eigenvalue weighted by molar-refractivity contribution is 0.704. The van der Waals surface area contributed by atoms with Gasteiger partial charge in [-0.2, -0.15) is 0 Å². The van der Waals surface area contributed by atoms with Crippen LogP contribution in [-0.4, -0.2) is 16.0 Å². The first-order chi connectivity index (χ1) is 8.66. The number of hydrogen-bond donors (Lipinski definition) is 1. The standard InChI is InChI=1S/C13H14ClN3S/c1-9(15)13(11-4-2-3-7-16-11)18-12-6-5-10(14)8-17-12/h2-9,13H,15H2,1H3. The predicted octanol–water partition coefficient (Wildman–Crippen LogP) is 3.31. The van der Waals surface area contributed by atoms with Crippen LogP contribution in [-0.2, 0) is 0 Å². The van der Waals surface area contributed by atoms with E-state index in [-0.39, 0.29) is 11.3 Å². The average Bonchev–Trinajstić information content (AvgIpc) is 2.38. The maximum Gasteiger partial charge on any atom is 0.0968 e. The van der Waals surface area contributed by atoms with Gasteiger partial charge in [0.1, 0.15) is 0 Å². The van der Waals surface area contributed by atoms with E-state index in [0.29, 0.717) is 5.02 Å². The van der Waals surface area contributed by atoms with Gasteiger partial charge < -0.3 is 5.73 Å². The first-order valence-electron chi connectivity index (χ1n) is 5.61. The number of aromatic nitrogens is 2. The Hall–Kier alpha value is -1.10. The van der Waals surface area contributed by atoms with Crippen molar-refractivity contribution in [2.45, 2.75) is 23.2 Å². The predicted molar refractivity (Wildman–Crippen MR) is 75.7 cm³/mol. The minimum absolute atomic E-state index is 0.0117. The fourth-order valence-corrected chi connectivity index (χ4v) is 2.65. The molecule has 3 nitrogen and oxygen atoms in total. The molecule has 0 saturated carbocycles. The van der Waals surface area contributed by atoms with Crippen molar-refractivity contribution in [1.29, 1.82) is 0 Å². The molecule has 2 atom stereocenters.